The van der Waals surface area contributed by atoms with Gasteiger partial charge < -0.3 is 14.8 Å². The van der Waals surface area contributed by atoms with Crippen LogP contribution in [-0.4, -0.2) is 25.8 Å². The molecule has 17 heavy (non-hydrogen) atoms. The first-order valence-corrected chi connectivity index (χ1v) is 6.05. The van der Waals surface area contributed by atoms with E-state index in [4.69, 9.17) is 9.47 Å². The second kappa shape index (κ2) is 4.67. The van der Waals surface area contributed by atoms with Crippen LogP contribution in [0.15, 0.2) is 18.2 Å². The van der Waals surface area contributed by atoms with Gasteiger partial charge in [-0.25, -0.2) is 0 Å². The highest BCUT2D eigenvalue weighted by molar-refractivity contribution is 5.37. The van der Waals surface area contributed by atoms with Crippen molar-refractivity contribution < 1.29 is 9.47 Å². The highest BCUT2D eigenvalue weighted by Gasteiger charge is 2.29. The average Bonchev–Trinajstić information content (AvgIpc) is 2.27. The lowest BCUT2D eigenvalue weighted by atomic mass is 10.0. The van der Waals surface area contributed by atoms with Crippen molar-refractivity contribution in [1.29, 1.82) is 0 Å². The Balaban J connectivity index is 2.19. The van der Waals surface area contributed by atoms with E-state index in [1.54, 1.807) is 7.11 Å². The van der Waals surface area contributed by atoms with Gasteiger partial charge >= 0.3 is 0 Å². The molecule has 3 heteroatoms. The molecule has 1 atom stereocenters. The standard InChI is InChI=1S/C14H21NO2/c1-10-7-11(5-6-12(10)16-4)13-8-15-9-14(2,3)17-13/h5-7,13,15H,8-9H2,1-4H3. The number of benzene rings is 1. The Morgan fingerprint density at radius 2 is 2.18 bits per heavy atom. The summed E-state index contributed by atoms with van der Waals surface area (Å²) >= 11 is 0. The Bertz CT molecular complexity index is 401. The summed E-state index contributed by atoms with van der Waals surface area (Å²) in [6.07, 6.45) is 0.128. The monoisotopic (exact) mass is 235 g/mol. The van der Waals surface area contributed by atoms with Crippen LogP contribution in [0.3, 0.4) is 0 Å². The van der Waals surface area contributed by atoms with E-state index in [0.29, 0.717) is 0 Å². The van der Waals surface area contributed by atoms with Gasteiger partial charge in [-0.15, -0.1) is 0 Å². The first-order chi connectivity index (χ1) is 8.02. The average molecular weight is 235 g/mol. The zero-order chi connectivity index (χ0) is 12.5. The van der Waals surface area contributed by atoms with Gasteiger partial charge in [0.05, 0.1) is 18.8 Å². The number of hydrogen-bond acceptors (Lipinski definition) is 3. The van der Waals surface area contributed by atoms with Crippen LogP contribution < -0.4 is 10.1 Å². The van der Waals surface area contributed by atoms with Gasteiger partial charge in [0, 0.05) is 13.1 Å². The number of hydrogen-bond donors (Lipinski definition) is 1. The fraction of sp³-hybridized carbons (Fsp3) is 0.571. The lowest BCUT2D eigenvalue weighted by molar-refractivity contribution is -0.0959. The Labute approximate surface area is 103 Å². The molecule has 0 amide bonds. The Morgan fingerprint density at radius 3 is 2.76 bits per heavy atom. The van der Waals surface area contributed by atoms with Gasteiger partial charge in [-0.2, -0.15) is 0 Å². The number of rotatable bonds is 2. The van der Waals surface area contributed by atoms with Crippen molar-refractivity contribution in [2.24, 2.45) is 0 Å². The number of nitrogens with one attached hydrogen (secondary N) is 1. The zero-order valence-electron chi connectivity index (χ0n) is 11.0. The second-order valence-electron chi connectivity index (χ2n) is 5.23. The molecule has 3 nitrogen and oxygen atoms in total. The molecule has 1 unspecified atom stereocenters. The van der Waals surface area contributed by atoms with Crippen molar-refractivity contribution in [3.8, 4) is 5.75 Å². The van der Waals surface area contributed by atoms with Crippen LogP contribution in [0.1, 0.15) is 31.1 Å². The third-order valence-corrected chi connectivity index (χ3v) is 3.13. The summed E-state index contributed by atoms with van der Waals surface area (Å²) < 4.78 is 11.4. The van der Waals surface area contributed by atoms with Crippen LogP contribution in [0.5, 0.6) is 5.75 Å². The molecule has 1 aromatic carbocycles. The normalized spacial score (nSPS) is 23.4. The van der Waals surface area contributed by atoms with Gasteiger partial charge in [-0.05, 0) is 44.0 Å². The summed E-state index contributed by atoms with van der Waals surface area (Å²) in [4.78, 5) is 0. The number of aryl methyl sites for hydroxylation is 1. The Morgan fingerprint density at radius 1 is 1.41 bits per heavy atom. The van der Waals surface area contributed by atoms with E-state index in [-0.39, 0.29) is 11.7 Å². The Hall–Kier alpha value is -1.06. The number of methoxy groups -OCH3 is 1. The van der Waals surface area contributed by atoms with E-state index in [0.717, 1.165) is 24.4 Å². The molecule has 1 N–H and O–H groups in total. The van der Waals surface area contributed by atoms with Crippen LogP contribution in [-0.2, 0) is 4.74 Å². The smallest absolute Gasteiger partial charge is 0.121 e. The quantitative estimate of drug-likeness (QED) is 0.854. The molecule has 1 heterocycles. The maximum absolute atomic E-state index is 6.09. The summed E-state index contributed by atoms with van der Waals surface area (Å²) in [6.45, 7) is 8.06. The first-order valence-electron chi connectivity index (χ1n) is 6.05. The predicted molar refractivity (Wildman–Crippen MR) is 68.5 cm³/mol. The number of ether oxygens (including phenoxy) is 2. The van der Waals surface area contributed by atoms with Crippen LogP contribution in [0.2, 0.25) is 0 Å². The fourth-order valence-electron chi connectivity index (χ4n) is 2.26. The van der Waals surface area contributed by atoms with E-state index in [1.807, 2.05) is 6.07 Å². The molecule has 0 saturated carbocycles. The summed E-state index contributed by atoms with van der Waals surface area (Å²) in [5.41, 5.74) is 2.26. The van der Waals surface area contributed by atoms with E-state index < -0.39 is 0 Å². The molecule has 1 aliphatic heterocycles. The molecule has 1 fully saturated rings. The largest absolute Gasteiger partial charge is 0.496 e. The topological polar surface area (TPSA) is 30.5 Å². The summed E-state index contributed by atoms with van der Waals surface area (Å²) in [7, 11) is 1.70. The van der Waals surface area contributed by atoms with E-state index >= 15 is 0 Å². The van der Waals surface area contributed by atoms with E-state index in [9.17, 15) is 0 Å². The van der Waals surface area contributed by atoms with Crippen LogP contribution >= 0.6 is 0 Å². The van der Waals surface area contributed by atoms with E-state index in [1.165, 1.54) is 5.56 Å². The molecular weight excluding hydrogens is 214 g/mol. The van der Waals surface area contributed by atoms with Crippen molar-refractivity contribution in [1.82, 2.24) is 5.32 Å². The molecule has 0 bridgehead atoms. The molecule has 0 radical (unpaired) electrons. The lowest BCUT2D eigenvalue weighted by Gasteiger charge is -2.37. The highest BCUT2D eigenvalue weighted by atomic mass is 16.5. The van der Waals surface area contributed by atoms with Crippen LogP contribution in [0, 0.1) is 6.92 Å². The predicted octanol–water partition coefficient (Wildman–Crippen LogP) is 2.44. The van der Waals surface area contributed by atoms with Gasteiger partial charge in [0.15, 0.2) is 0 Å². The molecule has 0 aromatic heterocycles. The van der Waals surface area contributed by atoms with Gasteiger partial charge in [-0.1, -0.05) is 6.07 Å². The van der Waals surface area contributed by atoms with Crippen molar-refractivity contribution in [3.63, 3.8) is 0 Å². The first kappa shape index (κ1) is 12.4. The zero-order valence-corrected chi connectivity index (χ0v) is 11.0. The minimum Gasteiger partial charge on any atom is -0.496 e. The minimum atomic E-state index is -0.100. The highest BCUT2D eigenvalue weighted by Crippen LogP contribution is 2.29. The van der Waals surface area contributed by atoms with E-state index in [2.05, 4.69) is 38.2 Å². The van der Waals surface area contributed by atoms with Crippen molar-refractivity contribution >= 4 is 0 Å². The maximum atomic E-state index is 6.09. The van der Waals surface area contributed by atoms with Gasteiger partial charge in [0.1, 0.15) is 5.75 Å². The number of morpholine rings is 1. The van der Waals surface area contributed by atoms with Gasteiger partial charge in [0.25, 0.3) is 0 Å². The maximum Gasteiger partial charge on any atom is 0.121 e. The summed E-state index contributed by atoms with van der Waals surface area (Å²) in [5.74, 6) is 0.928. The third-order valence-electron chi connectivity index (χ3n) is 3.13. The SMILES string of the molecule is COc1ccc(C2CNCC(C)(C)O2)cc1C. The molecule has 2 rings (SSSR count). The van der Waals surface area contributed by atoms with Gasteiger partial charge in [0.2, 0.25) is 0 Å². The molecular formula is C14H21NO2. The molecule has 1 saturated heterocycles. The lowest BCUT2D eigenvalue weighted by Crippen LogP contribution is -2.46. The summed E-state index contributed by atoms with van der Waals surface area (Å²) in [6, 6.07) is 6.24. The van der Waals surface area contributed by atoms with Crippen molar-refractivity contribution in [3.05, 3.63) is 29.3 Å². The molecule has 1 aromatic rings. The molecule has 0 spiro atoms. The van der Waals surface area contributed by atoms with Crippen LogP contribution in [0.4, 0.5) is 0 Å². The fourth-order valence-corrected chi connectivity index (χ4v) is 2.26. The Kier molecular flexibility index (Phi) is 3.40. The van der Waals surface area contributed by atoms with Crippen molar-refractivity contribution in [2.45, 2.75) is 32.5 Å². The summed E-state index contributed by atoms with van der Waals surface area (Å²) in [5, 5.41) is 3.42. The minimum absolute atomic E-state index is 0.100. The molecule has 1 aliphatic rings. The van der Waals surface area contributed by atoms with Gasteiger partial charge in [-0.3, -0.25) is 0 Å². The second-order valence-corrected chi connectivity index (χ2v) is 5.23. The van der Waals surface area contributed by atoms with Crippen LogP contribution in [0.25, 0.3) is 0 Å². The third kappa shape index (κ3) is 2.79. The molecule has 0 aliphatic carbocycles. The molecule has 94 valence electrons. The van der Waals surface area contributed by atoms with Crippen molar-refractivity contribution in [2.75, 3.05) is 20.2 Å².